The third kappa shape index (κ3) is 6.07. The SMILES string of the molecule is CN=C(NCCCSc1ccc(F)cc1)NCc1cccs1. The van der Waals surface area contributed by atoms with E-state index in [0.29, 0.717) is 0 Å². The standard InChI is InChI=1S/C16H20FN3S2/c1-18-16(20-12-15-4-2-10-22-15)19-9-3-11-21-14-7-5-13(17)6-8-14/h2,4-8,10H,3,9,11-12H2,1H3,(H2,18,19,20). The lowest BCUT2D eigenvalue weighted by atomic mass is 10.4. The summed E-state index contributed by atoms with van der Waals surface area (Å²) in [6.07, 6.45) is 1.02. The lowest BCUT2D eigenvalue weighted by molar-refractivity contribution is 0.626. The maximum absolute atomic E-state index is 12.8. The number of hydrogen-bond donors (Lipinski definition) is 2. The first-order valence-electron chi connectivity index (χ1n) is 7.13. The maximum Gasteiger partial charge on any atom is 0.191 e. The highest BCUT2D eigenvalue weighted by Crippen LogP contribution is 2.18. The monoisotopic (exact) mass is 337 g/mol. The molecule has 2 N–H and O–H groups in total. The Morgan fingerprint density at radius 2 is 2.05 bits per heavy atom. The predicted molar refractivity (Wildman–Crippen MR) is 94.3 cm³/mol. The predicted octanol–water partition coefficient (Wildman–Crippen LogP) is 3.73. The summed E-state index contributed by atoms with van der Waals surface area (Å²) in [6.45, 7) is 1.65. The molecule has 22 heavy (non-hydrogen) atoms. The van der Waals surface area contributed by atoms with E-state index in [1.54, 1.807) is 30.1 Å². The van der Waals surface area contributed by atoms with Crippen molar-refractivity contribution in [1.29, 1.82) is 0 Å². The van der Waals surface area contributed by atoms with E-state index < -0.39 is 0 Å². The molecule has 0 aliphatic heterocycles. The number of benzene rings is 1. The fourth-order valence-electron chi connectivity index (χ4n) is 1.80. The van der Waals surface area contributed by atoms with Crippen LogP contribution in [0.1, 0.15) is 11.3 Å². The number of nitrogens with one attached hydrogen (secondary N) is 2. The minimum Gasteiger partial charge on any atom is -0.356 e. The normalized spacial score (nSPS) is 11.5. The molecule has 0 aliphatic carbocycles. The summed E-state index contributed by atoms with van der Waals surface area (Å²) in [4.78, 5) is 6.59. The summed E-state index contributed by atoms with van der Waals surface area (Å²) < 4.78 is 12.8. The van der Waals surface area contributed by atoms with Gasteiger partial charge in [-0.1, -0.05) is 6.07 Å². The Morgan fingerprint density at radius 3 is 2.73 bits per heavy atom. The van der Waals surface area contributed by atoms with Gasteiger partial charge in [-0.25, -0.2) is 4.39 Å². The average Bonchev–Trinajstić information content (AvgIpc) is 3.05. The second kappa shape index (κ2) is 9.48. The molecule has 0 radical (unpaired) electrons. The van der Waals surface area contributed by atoms with Crippen LogP contribution in [-0.4, -0.2) is 25.3 Å². The molecule has 0 bridgehead atoms. The molecule has 0 amide bonds. The van der Waals surface area contributed by atoms with Gasteiger partial charge in [0.25, 0.3) is 0 Å². The van der Waals surface area contributed by atoms with Gasteiger partial charge in [-0.15, -0.1) is 23.1 Å². The van der Waals surface area contributed by atoms with Crippen molar-refractivity contribution in [3.05, 3.63) is 52.5 Å². The number of hydrogen-bond acceptors (Lipinski definition) is 3. The molecule has 1 aromatic carbocycles. The largest absolute Gasteiger partial charge is 0.356 e. The molecular formula is C16H20FN3S2. The fraction of sp³-hybridized carbons (Fsp3) is 0.312. The van der Waals surface area contributed by atoms with E-state index in [1.807, 2.05) is 18.2 Å². The molecule has 2 rings (SSSR count). The number of thioether (sulfide) groups is 1. The van der Waals surface area contributed by atoms with E-state index in [4.69, 9.17) is 0 Å². The maximum atomic E-state index is 12.8. The Hall–Kier alpha value is -1.53. The summed E-state index contributed by atoms with van der Waals surface area (Å²) in [5.74, 6) is 1.62. The number of nitrogens with zero attached hydrogens (tertiary/aromatic N) is 1. The van der Waals surface area contributed by atoms with Crippen LogP contribution in [0.25, 0.3) is 0 Å². The molecule has 6 heteroatoms. The van der Waals surface area contributed by atoms with Crippen LogP contribution in [0.2, 0.25) is 0 Å². The summed E-state index contributed by atoms with van der Waals surface area (Å²) in [7, 11) is 1.77. The van der Waals surface area contributed by atoms with E-state index in [1.165, 1.54) is 17.0 Å². The van der Waals surface area contributed by atoms with Crippen LogP contribution in [0.4, 0.5) is 4.39 Å². The average molecular weight is 337 g/mol. The van der Waals surface area contributed by atoms with Gasteiger partial charge in [-0.05, 0) is 47.9 Å². The highest BCUT2D eigenvalue weighted by molar-refractivity contribution is 7.99. The summed E-state index contributed by atoms with van der Waals surface area (Å²) in [6, 6.07) is 10.8. The Bertz CT molecular complexity index is 568. The van der Waals surface area contributed by atoms with Gasteiger partial charge in [0, 0.05) is 23.4 Å². The van der Waals surface area contributed by atoms with Crippen molar-refractivity contribution in [2.45, 2.75) is 17.9 Å². The molecule has 0 saturated heterocycles. The van der Waals surface area contributed by atoms with Gasteiger partial charge in [0.15, 0.2) is 5.96 Å². The first-order chi connectivity index (χ1) is 10.8. The topological polar surface area (TPSA) is 36.4 Å². The van der Waals surface area contributed by atoms with Gasteiger partial charge in [0.2, 0.25) is 0 Å². The van der Waals surface area contributed by atoms with Crippen LogP contribution in [0.5, 0.6) is 0 Å². The first kappa shape index (κ1) is 16.8. The molecule has 3 nitrogen and oxygen atoms in total. The molecule has 0 unspecified atom stereocenters. The molecule has 0 aliphatic rings. The van der Waals surface area contributed by atoms with Crippen molar-refractivity contribution in [1.82, 2.24) is 10.6 Å². The van der Waals surface area contributed by atoms with Crippen LogP contribution >= 0.6 is 23.1 Å². The van der Waals surface area contributed by atoms with Gasteiger partial charge in [0.05, 0.1) is 6.54 Å². The van der Waals surface area contributed by atoms with Crippen molar-refractivity contribution >= 4 is 29.1 Å². The highest BCUT2D eigenvalue weighted by atomic mass is 32.2. The zero-order valence-corrected chi connectivity index (χ0v) is 14.1. The molecule has 118 valence electrons. The van der Waals surface area contributed by atoms with Crippen LogP contribution in [0, 0.1) is 5.82 Å². The van der Waals surface area contributed by atoms with Crippen molar-refractivity contribution in [3.63, 3.8) is 0 Å². The number of thiophene rings is 1. The third-order valence-corrected chi connectivity index (χ3v) is 4.90. The molecule has 2 aromatic rings. The summed E-state index contributed by atoms with van der Waals surface area (Å²) in [5, 5.41) is 8.65. The molecule has 0 atom stereocenters. The lowest BCUT2D eigenvalue weighted by Gasteiger charge is -2.11. The quantitative estimate of drug-likeness (QED) is 0.350. The van der Waals surface area contributed by atoms with Gasteiger partial charge < -0.3 is 10.6 Å². The Labute approximate surface area is 139 Å². The van der Waals surface area contributed by atoms with Crippen molar-refractivity contribution in [3.8, 4) is 0 Å². The molecule has 0 spiro atoms. The van der Waals surface area contributed by atoms with E-state index in [2.05, 4.69) is 27.1 Å². The number of guanidine groups is 1. The van der Waals surface area contributed by atoms with Gasteiger partial charge in [0.1, 0.15) is 5.82 Å². The number of aliphatic imine (C=N–C) groups is 1. The van der Waals surface area contributed by atoms with Crippen LogP contribution < -0.4 is 10.6 Å². The summed E-state index contributed by atoms with van der Waals surface area (Å²) >= 11 is 3.47. The number of rotatable bonds is 7. The van der Waals surface area contributed by atoms with Gasteiger partial charge in [-0.3, -0.25) is 4.99 Å². The van der Waals surface area contributed by atoms with Gasteiger partial charge in [-0.2, -0.15) is 0 Å². The number of halogens is 1. The highest BCUT2D eigenvalue weighted by Gasteiger charge is 1.99. The molecule has 1 heterocycles. The van der Waals surface area contributed by atoms with Crippen molar-refractivity contribution in [2.75, 3.05) is 19.3 Å². The molecule has 0 fully saturated rings. The Kier molecular flexibility index (Phi) is 7.25. The Balaban J connectivity index is 1.59. The fourth-order valence-corrected chi connectivity index (χ4v) is 3.30. The van der Waals surface area contributed by atoms with Crippen LogP contribution in [0.15, 0.2) is 51.7 Å². The zero-order chi connectivity index (χ0) is 15.6. The minimum atomic E-state index is -0.188. The van der Waals surface area contributed by atoms with Gasteiger partial charge >= 0.3 is 0 Å². The lowest BCUT2D eigenvalue weighted by Crippen LogP contribution is -2.37. The van der Waals surface area contributed by atoms with E-state index >= 15 is 0 Å². The smallest absolute Gasteiger partial charge is 0.191 e. The van der Waals surface area contributed by atoms with E-state index in [9.17, 15) is 4.39 Å². The first-order valence-corrected chi connectivity index (χ1v) is 9.00. The summed E-state index contributed by atoms with van der Waals surface area (Å²) in [5.41, 5.74) is 0. The second-order valence-corrected chi connectivity index (χ2v) is 6.79. The Morgan fingerprint density at radius 1 is 1.23 bits per heavy atom. The van der Waals surface area contributed by atoms with E-state index in [0.717, 1.165) is 36.1 Å². The third-order valence-electron chi connectivity index (χ3n) is 2.93. The van der Waals surface area contributed by atoms with Crippen LogP contribution in [-0.2, 0) is 6.54 Å². The van der Waals surface area contributed by atoms with E-state index in [-0.39, 0.29) is 5.82 Å². The zero-order valence-electron chi connectivity index (χ0n) is 12.5. The van der Waals surface area contributed by atoms with Crippen molar-refractivity contribution in [2.24, 2.45) is 4.99 Å². The molecule has 1 aromatic heterocycles. The minimum absolute atomic E-state index is 0.188. The van der Waals surface area contributed by atoms with Crippen LogP contribution in [0.3, 0.4) is 0 Å². The molecular weight excluding hydrogens is 317 g/mol. The van der Waals surface area contributed by atoms with Crippen molar-refractivity contribution < 1.29 is 4.39 Å². The second-order valence-electron chi connectivity index (χ2n) is 4.59. The molecule has 0 saturated carbocycles.